The maximum absolute atomic E-state index is 2.28. The summed E-state index contributed by atoms with van der Waals surface area (Å²) in [6.45, 7) is 0. The van der Waals surface area contributed by atoms with Gasteiger partial charge in [0.2, 0.25) is 0 Å². The van der Waals surface area contributed by atoms with Gasteiger partial charge in [0.1, 0.15) is 0 Å². The second-order valence-corrected chi connectivity index (χ2v) is 4.30. The Bertz CT molecular complexity index is 667. The minimum atomic E-state index is 1.34. The maximum atomic E-state index is 2.28. The van der Waals surface area contributed by atoms with Gasteiger partial charge in [-0.2, -0.15) is 0 Å². The van der Waals surface area contributed by atoms with E-state index in [4.69, 9.17) is 0 Å². The van der Waals surface area contributed by atoms with Gasteiger partial charge in [-0.25, -0.2) is 0 Å². The Morgan fingerprint density at radius 1 is 0.438 bits per heavy atom. The molecule has 0 aromatic heterocycles. The normalized spacial score (nSPS) is 11.8. The summed E-state index contributed by atoms with van der Waals surface area (Å²) in [5.41, 5.74) is 0. The average Bonchev–Trinajstić information content (AvgIpc) is 2.65. The van der Waals surface area contributed by atoms with Gasteiger partial charge in [-0.1, -0.05) is 48.5 Å². The van der Waals surface area contributed by atoms with E-state index in [-0.39, 0.29) is 0 Å². The van der Waals surface area contributed by atoms with Crippen LogP contribution in [0.25, 0.3) is 32.3 Å². The molecule has 74 valence electrons. The van der Waals surface area contributed by atoms with Crippen molar-refractivity contribution in [1.29, 1.82) is 0 Å². The molecule has 0 N–H and O–H groups in total. The summed E-state index contributed by atoms with van der Waals surface area (Å²) in [4.78, 5) is 0. The van der Waals surface area contributed by atoms with E-state index in [2.05, 4.69) is 60.7 Å². The van der Waals surface area contributed by atoms with Gasteiger partial charge in [0.25, 0.3) is 0 Å². The Balaban J connectivity index is 2.51. The van der Waals surface area contributed by atoms with E-state index in [9.17, 15) is 0 Å². The maximum Gasteiger partial charge on any atom is -0.00264 e. The third-order valence-corrected chi connectivity index (χ3v) is 3.35. The second kappa shape index (κ2) is 2.73. The van der Waals surface area contributed by atoms with Crippen molar-refractivity contribution in [2.45, 2.75) is 0 Å². The molecule has 16 heavy (non-hydrogen) atoms. The van der Waals surface area contributed by atoms with Gasteiger partial charge in [0.05, 0.1) is 0 Å². The van der Waals surface area contributed by atoms with Crippen LogP contribution in [0, 0.1) is 0 Å². The van der Waals surface area contributed by atoms with Gasteiger partial charge in [0.15, 0.2) is 0 Å². The molecule has 0 heteroatoms. The van der Waals surface area contributed by atoms with E-state index < -0.39 is 0 Å². The van der Waals surface area contributed by atoms with E-state index in [0.29, 0.717) is 0 Å². The highest BCUT2D eigenvalue weighted by molar-refractivity contribution is 6.27. The highest BCUT2D eigenvalue weighted by Crippen LogP contribution is 2.37. The fourth-order valence-electron chi connectivity index (χ4n) is 2.70. The summed E-state index contributed by atoms with van der Waals surface area (Å²) in [7, 11) is 0. The summed E-state index contributed by atoms with van der Waals surface area (Å²) < 4.78 is 0. The van der Waals surface area contributed by atoms with Crippen molar-refractivity contribution in [2.75, 3.05) is 0 Å². The average molecular weight is 202 g/mol. The van der Waals surface area contributed by atoms with E-state index in [1.165, 1.54) is 32.3 Å². The lowest BCUT2D eigenvalue weighted by atomic mass is 10.2. The molecule has 0 aliphatic rings. The topological polar surface area (TPSA) is 0 Å². The highest BCUT2D eigenvalue weighted by Gasteiger charge is 2.09. The molecule has 4 aromatic rings. The summed E-state index contributed by atoms with van der Waals surface area (Å²) in [5, 5.41) is 8.19. The van der Waals surface area contributed by atoms with Crippen molar-refractivity contribution in [1.82, 2.24) is 0 Å². The molecule has 0 fully saturated rings. The van der Waals surface area contributed by atoms with Crippen LogP contribution in [0.1, 0.15) is 0 Å². The van der Waals surface area contributed by atoms with E-state index >= 15 is 0 Å². The largest absolute Gasteiger partial charge is 0.0616 e. The third-order valence-electron chi connectivity index (χ3n) is 3.35. The molecule has 0 saturated carbocycles. The number of hydrogen-bond acceptors (Lipinski definition) is 0. The Hall–Kier alpha value is -2.08. The zero-order valence-electron chi connectivity index (χ0n) is 8.77. The molecular weight excluding hydrogens is 192 g/mol. The van der Waals surface area contributed by atoms with Gasteiger partial charge in [-0.15, -0.1) is 0 Å². The van der Waals surface area contributed by atoms with Crippen LogP contribution in [0.5, 0.6) is 0 Å². The first kappa shape index (κ1) is 8.12. The SMILES string of the molecule is c1ccc2cc3ccccc4cc(c1)c2c43. The molecule has 0 aliphatic heterocycles. The molecule has 0 radical (unpaired) electrons. The van der Waals surface area contributed by atoms with Crippen LogP contribution in [0.4, 0.5) is 0 Å². The van der Waals surface area contributed by atoms with Crippen LogP contribution >= 0.6 is 0 Å². The molecule has 0 aliphatic carbocycles. The first-order valence-electron chi connectivity index (χ1n) is 5.56. The molecule has 0 unspecified atom stereocenters. The molecule has 0 amide bonds. The molecule has 4 rings (SSSR count). The van der Waals surface area contributed by atoms with E-state index in [1.807, 2.05) is 0 Å². The summed E-state index contributed by atoms with van der Waals surface area (Å²) in [6, 6.07) is 21.8. The van der Waals surface area contributed by atoms with Crippen LogP contribution in [-0.2, 0) is 0 Å². The minimum absolute atomic E-state index is 1.34. The van der Waals surface area contributed by atoms with E-state index in [0.717, 1.165) is 0 Å². The second-order valence-electron chi connectivity index (χ2n) is 4.30. The molecule has 0 bridgehead atoms. The van der Waals surface area contributed by atoms with Gasteiger partial charge < -0.3 is 0 Å². The Morgan fingerprint density at radius 2 is 0.750 bits per heavy atom. The van der Waals surface area contributed by atoms with Gasteiger partial charge in [-0.3, -0.25) is 0 Å². The summed E-state index contributed by atoms with van der Waals surface area (Å²) in [6.07, 6.45) is 0. The van der Waals surface area contributed by atoms with Crippen LogP contribution in [-0.4, -0.2) is 0 Å². The highest BCUT2D eigenvalue weighted by atomic mass is 14.1. The van der Waals surface area contributed by atoms with Crippen molar-refractivity contribution in [3.8, 4) is 0 Å². The third kappa shape index (κ3) is 0.892. The first-order chi connectivity index (χ1) is 7.93. The fourth-order valence-corrected chi connectivity index (χ4v) is 2.70. The van der Waals surface area contributed by atoms with Crippen LogP contribution in [0.2, 0.25) is 0 Å². The zero-order chi connectivity index (χ0) is 10.5. The number of rotatable bonds is 0. The lowest BCUT2D eigenvalue weighted by Crippen LogP contribution is -1.52. The predicted molar refractivity (Wildman–Crippen MR) is 70.1 cm³/mol. The van der Waals surface area contributed by atoms with Crippen molar-refractivity contribution in [3.05, 3.63) is 60.7 Å². The van der Waals surface area contributed by atoms with Crippen LogP contribution in [0.3, 0.4) is 0 Å². The lowest BCUT2D eigenvalue weighted by Gasteiger charge is -1.81. The molecule has 0 heterocycles. The van der Waals surface area contributed by atoms with Gasteiger partial charge >= 0.3 is 0 Å². The van der Waals surface area contributed by atoms with Crippen molar-refractivity contribution in [3.63, 3.8) is 0 Å². The molecule has 0 nitrogen and oxygen atoms in total. The monoisotopic (exact) mass is 202 g/mol. The van der Waals surface area contributed by atoms with Crippen LogP contribution < -0.4 is 0 Å². The van der Waals surface area contributed by atoms with Crippen molar-refractivity contribution >= 4 is 32.3 Å². The predicted octanol–water partition coefficient (Wildman–Crippen LogP) is 4.58. The molecule has 0 spiro atoms. The Kier molecular flexibility index (Phi) is 1.39. The fraction of sp³-hybridized carbons (Fsp3) is 0. The zero-order valence-corrected chi connectivity index (χ0v) is 8.77. The van der Waals surface area contributed by atoms with Gasteiger partial charge in [-0.05, 0) is 44.5 Å². The smallest absolute Gasteiger partial charge is 0.00264 e. The summed E-state index contributed by atoms with van der Waals surface area (Å²) in [5.74, 6) is 0. The minimum Gasteiger partial charge on any atom is -0.0616 e. The molecule has 0 saturated heterocycles. The summed E-state index contributed by atoms with van der Waals surface area (Å²) >= 11 is 0. The van der Waals surface area contributed by atoms with E-state index in [1.54, 1.807) is 0 Å². The lowest BCUT2D eigenvalue weighted by molar-refractivity contribution is 1.89. The van der Waals surface area contributed by atoms with Crippen LogP contribution in [0.15, 0.2) is 60.7 Å². The Labute approximate surface area is 93.5 Å². The van der Waals surface area contributed by atoms with Crippen molar-refractivity contribution in [2.24, 2.45) is 0 Å². The molecule has 4 aromatic carbocycles. The Morgan fingerprint density at radius 3 is 1.06 bits per heavy atom. The van der Waals surface area contributed by atoms with Crippen molar-refractivity contribution < 1.29 is 0 Å². The molecular formula is C16H10. The standard InChI is InChI=1S/C16H10/c1-2-6-12-10-14-8-4-3-7-13-9-11(5-1)15(12)16(13)14/h1-10H. The first-order valence-corrected chi connectivity index (χ1v) is 5.56. The van der Waals surface area contributed by atoms with Gasteiger partial charge in [0, 0.05) is 0 Å². The quantitative estimate of drug-likeness (QED) is 0.391. The molecule has 0 atom stereocenters. The number of hydrogen-bond donors (Lipinski definition) is 0.